The summed E-state index contributed by atoms with van der Waals surface area (Å²) in [5.74, 6) is 0. The molecule has 0 saturated carbocycles. The van der Waals surface area contributed by atoms with Gasteiger partial charge in [0.25, 0.3) is 0 Å². The Morgan fingerprint density at radius 3 is 2.53 bits per heavy atom. The molecule has 1 saturated heterocycles. The molecule has 1 heterocycles. The summed E-state index contributed by atoms with van der Waals surface area (Å²) < 4.78 is 0. The molecule has 15 heavy (non-hydrogen) atoms. The van der Waals surface area contributed by atoms with E-state index in [9.17, 15) is 5.11 Å². The molecule has 0 radical (unpaired) electrons. The Kier molecular flexibility index (Phi) is 2.57. The van der Waals surface area contributed by atoms with E-state index in [1.54, 1.807) is 11.1 Å². The maximum Gasteiger partial charge on any atom is 0.0580 e. The predicted octanol–water partition coefficient (Wildman–Crippen LogP) is 2.09. The number of nitrogens with zero attached hydrogens (tertiary/aromatic N) is 1. The third kappa shape index (κ3) is 1.85. The molecule has 0 spiro atoms. The summed E-state index contributed by atoms with van der Waals surface area (Å²) >= 11 is 0. The van der Waals surface area contributed by atoms with Crippen molar-refractivity contribution in [1.29, 1.82) is 0 Å². The lowest BCUT2D eigenvalue weighted by molar-refractivity contribution is 0.158. The zero-order chi connectivity index (χ0) is 10.3. The van der Waals surface area contributed by atoms with Gasteiger partial charge in [-0.15, -0.1) is 0 Å². The Morgan fingerprint density at radius 2 is 1.73 bits per heavy atom. The summed E-state index contributed by atoms with van der Waals surface area (Å²) in [4.78, 5) is 2.67. The third-order valence-corrected chi connectivity index (χ3v) is 4.38. The van der Waals surface area contributed by atoms with Gasteiger partial charge < -0.3 is 5.11 Å². The first-order valence-corrected chi connectivity index (χ1v) is 6.45. The molecular weight excluding hydrogens is 186 g/mol. The highest BCUT2D eigenvalue weighted by Gasteiger charge is 2.32. The molecule has 1 aliphatic heterocycles. The predicted molar refractivity (Wildman–Crippen MR) is 60.7 cm³/mol. The highest BCUT2D eigenvalue weighted by atomic mass is 16.3. The van der Waals surface area contributed by atoms with Gasteiger partial charge in [-0.25, -0.2) is 0 Å². The summed E-state index contributed by atoms with van der Waals surface area (Å²) in [6.45, 7) is 2.63. The van der Waals surface area contributed by atoms with Crippen LogP contribution in [0.3, 0.4) is 0 Å². The second-order valence-electron chi connectivity index (χ2n) is 5.41. The maximum absolute atomic E-state index is 9.66. The number of rotatable bonds is 1. The van der Waals surface area contributed by atoms with Crippen LogP contribution in [0, 0.1) is 0 Å². The summed E-state index contributed by atoms with van der Waals surface area (Å²) in [6.07, 6.45) is 8.45. The lowest BCUT2D eigenvalue weighted by atomic mass is 9.92. The quantitative estimate of drug-likeness (QED) is 0.665. The SMILES string of the molecule is O[C@H]1CCC2=C(C1)C[C@H](N1CCCC1)C2. The maximum atomic E-state index is 9.66. The van der Waals surface area contributed by atoms with Crippen molar-refractivity contribution in [2.75, 3.05) is 13.1 Å². The standard InChI is InChI=1S/C13H21NO/c15-13-4-3-10-7-12(8-11(10)9-13)14-5-1-2-6-14/h12-13,15H,1-9H2/t12-,13+/m1/s1. The van der Waals surface area contributed by atoms with Crippen molar-refractivity contribution in [2.24, 2.45) is 0 Å². The molecule has 0 aromatic rings. The van der Waals surface area contributed by atoms with Crippen LogP contribution in [-0.2, 0) is 0 Å². The van der Waals surface area contributed by atoms with Crippen molar-refractivity contribution >= 4 is 0 Å². The van der Waals surface area contributed by atoms with Crippen LogP contribution in [-0.4, -0.2) is 35.2 Å². The van der Waals surface area contributed by atoms with Crippen LogP contribution >= 0.6 is 0 Å². The second-order valence-corrected chi connectivity index (χ2v) is 5.41. The topological polar surface area (TPSA) is 23.5 Å². The van der Waals surface area contributed by atoms with E-state index in [1.165, 1.54) is 45.2 Å². The van der Waals surface area contributed by atoms with Crippen molar-refractivity contribution in [2.45, 2.75) is 57.1 Å². The fourth-order valence-electron chi connectivity index (χ4n) is 3.53. The van der Waals surface area contributed by atoms with E-state index in [4.69, 9.17) is 0 Å². The number of likely N-dealkylation sites (tertiary alicyclic amines) is 1. The molecule has 3 aliphatic rings. The van der Waals surface area contributed by atoms with Crippen molar-refractivity contribution in [3.63, 3.8) is 0 Å². The van der Waals surface area contributed by atoms with Crippen LogP contribution in [0.4, 0.5) is 0 Å². The van der Waals surface area contributed by atoms with Gasteiger partial charge in [-0.3, -0.25) is 4.90 Å². The van der Waals surface area contributed by atoms with E-state index in [2.05, 4.69) is 4.90 Å². The Hall–Kier alpha value is -0.340. The van der Waals surface area contributed by atoms with Crippen LogP contribution < -0.4 is 0 Å². The van der Waals surface area contributed by atoms with Gasteiger partial charge in [-0.2, -0.15) is 0 Å². The zero-order valence-electron chi connectivity index (χ0n) is 9.41. The van der Waals surface area contributed by atoms with Gasteiger partial charge >= 0.3 is 0 Å². The number of hydrogen-bond acceptors (Lipinski definition) is 2. The average molecular weight is 207 g/mol. The van der Waals surface area contributed by atoms with Gasteiger partial charge in [-0.1, -0.05) is 11.1 Å². The smallest absolute Gasteiger partial charge is 0.0580 e. The van der Waals surface area contributed by atoms with E-state index in [1.807, 2.05) is 0 Å². The Bertz CT molecular complexity index is 278. The first kappa shape index (κ1) is 9.86. The molecule has 2 heteroatoms. The van der Waals surface area contributed by atoms with Crippen molar-refractivity contribution < 1.29 is 5.11 Å². The molecule has 0 amide bonds. The molecule has 0 aromatic heterocycles. The van der Waals surface area contributed by atoms with Crippen LogP contribution in [0.1, 0.15) is 44.9 Å². The molecule has 0 unspecified atom stereocenters. The molecule has 1 fully saturated rings. The molecular formula is C13H21NO. The van der Waals surface area contributed by atoms with Gasteiger partial charge in [0.15, 0.2) is 0 Å². The third-order valence-electron chi connectivity index (χ3n) is 4.38. The van der Waals surface area contributed by atoms with Gasteiger partial charge in [0.1, 0.15) is 0 Å². The Balaban J connectivity index is 1.65. The van der Waals surface area contributed by atoms with E-state index in [-0.39, 0.29) is 6.10 Å². The van der Waals surface area contributed by atoms with Crippen molar-refractivity contribution in [3.8, 4) is 0 Å². The number of aliphatic hydroxyl groups excluding tert-OH is 1. The van der Waals surface area contributed by atoms with E-state index >= 15 is 0 Å². The molecule has 2 aliphatic carbocycles. The first-order valence-electron chi connectivity index (χ1n) is 6.45. The summed E-state index contributed by atoms with van der Waals surface area (Å²) in [5, 5.41) is 9.66. The van der Waals surface area contributed by atoms with E-state index in [0.717, 1.165) is 18.9 Å². The fourth-order valence-corrected chi connectivity index (χ4v) is 3.53. The number of aliphatic hydroxyl groups is 1. The minimum Gasteiger partial charge on any atom is -0.393 e. The normalized spacial score (nSPS) is 37.4. The fraction of sp³-hybridized carbons (Fsp3) is 0.846. The summed E-state index contributed by atoms with van der Waals surface area (Å²) in [6, 6.07) is 0.794. The zero-order valence-corrected chi connectivity index (χ0v) is 9.41. The lowest BCUT2D eigenvalue weighted by Gasteiger charge is -2.23. The molecule has 2 nitrogen and oxygen atoms in total. The van der Waals surface area contributed by atoms with Crippen LogP contribution in [0.25, 0.3) is 0 Å². The molecule has 0 bridgehead atoms. The van der Waals surface area contributed by atoms with Gasteiger partial charge in [0, 0.05) is 6.04 Å². The molecule has 3 rings (SSSR count). The summed E-state index contributed by atoms with van der Waals surface area (Å²) in [7, 11) is 0. The second kappa shape index (κ2) is 3.91. The molecule has 84 valence electrons. The Labute approximate surface area is 92.0 Å². The van der Waals surface area contributed by atoms with Gasteiger partial charge in [0.05, 0.1) is 6.10 Å². The van der Waals surface area contributed by atoms with Crippen molar-refractivity contribution in [3.05, 3.63) is 11.1 Å². The summed E-state index contributed by atoms with van der Waals surface area (Å²) in [5.41, 5.74) is 3.29. The molecule has 0 aromatic carbocycles. The van der Waals surface area contributed by atoms with Crippen LogP contribution in [0.15, 0.2) is 11.1 Å². The average Bonchev–Trinajstić information content (AvgIpc) is 2.84. The minimum atomic E-state index is -0.0407. The highest BCUT2D eigenvalue weighted by molar-refractivity contribution is 5.26. The largest absolute Gasteiger partial charge is 0.393 e. The van der Waals surface area contributed by atoms with Crippen LogP contribution in [0.5, 0.6) is 0 Å². The van der Waals surface area contributed by atoms with E-state index in [0.29, 0.717) is 0 Å². The van der Waals surface area contributed by atoms with Crippen molar-refractivity contribution in [1.82, 2.24) is 4.90 Å². The first-order chi connectivity index (χ1) is 7.33. The van der Waals surface area contributed by atoms with Gasteiger partial charge in [-0.05, 0) is 58.0 Å². The Morgan fingerprint density at radius 1 is 1.00 bits per heavy atom. The lowest BCUT2D eigenvalue weighted by Crippen LogP contribution is -2.30. The monoisotopic (exact) mass is 207 g/mol. The molecule has 2 atom stereocenters. The highest BCUT2D eigenvalue weighted by Crippen LogP contribution is 2.39. The van der Waals surface area contributed by atoms with E-state index < -0.39 is 0 Å². The minimum absolute atomic E-state index is 0.0407. The van der Waals surface area contributed by atoms with Gasteiger partial charge in [0.2, 0.25) is 0 Å². The van der Waals surface area contributed by atoms with Crippen LogP contribution in [0.2, 0.25) is 0 Å². The molecule has 1 N–H and O–H groups in total. The number of hydrogen-bond donors (Lipinski definition) is 1.